The molecule has 2 aromatic heterocycles. The number of carbonyl (C=O) groups is 8. The van der Waals surface area contributed by atoms with Gasteiger partial charge in [0.2, 0.25) is 0 Å². The number of carbonyl (C=O) groups excluding carboxylic acids is 8. The molecule has 0 N–H and O–H groups in total. The van der Waals surface area contributed by atoms with E-state index in [2.05, 4.69) is 30.4 Å². The molecule has 3 aliphatic rings. The smallest absolute Gasteiger partial charge is 0.303 e. The van der Waals surface area contributed by atoms with Crippen molar-refractivity contribution in [3.05, 3.63) is 23.8 Å². The zero-order chi connectivity index (χ0) is 56.7. The predicted molar refractivity (Wildman–Crippen MR) is 258 cm³/mol. The number of rotatable bonds is 30. The van der Waals surface area contributed by atoms with Crippen molar-refractivity contribution in [1.29, 1.82) is 0 Å². The number of nitrogens with zero attached hydrogens (tertiary/aromatic N) is 8. The first kappa shape index (κ1) is 62.6. The Kier molecular flexibility index (Phi) is 25.6. The highest BCUT2D eigenvalue weighted by Crippen LogP contribution is 2.38. The second kappa shape index (κ2) is 32.0. The normalized spacial score (nSPS) is 24.6. The molecule has 0 spiro atoms. The molecule has 3 saturated heterocycles. The van der Waals surface area contributed by atoms with Crippen molar-refractivity contribution in [2.45, 2.75) is 130 Å². The highest BCUT2D eigenvalue weighted by molar-refractivity contribution is 5.70. The van der Waals surface area contributed by atoms with Crippen LogP contribution in [0.4, 0.5) is 0 Å². The van der Waals surface area contributed by atoms with Crippen molar-refractivity contribution in [2.24, 2.45) is 0 Å². The standard InChI is InChI=1S/C48H72N8O22/c1-29(57)69-27-39-43(71-31(3)59)47(75-35(7)63)45(73-33(5)61)41(77-39)37-25-55(51-49-37)15-19-67-23-21-65-17-13-53-9-11-54(12-10-53)14-18-66-22-24-68-20-16-56-26-38(50-52-56)42-46(74-34(6)62)48(76-36(8)64)44(72-32(4)60)40(78-42)28-70-30(2)58/h25-26,39-48H,9-24,27-28H2,1-8H3/t39-,40-,41-,42-,43+,44+,45+,46+,47+,48+/m1/s1. The fraction of sp³-hybridized carbons (Fsp3) is 0.750. The summed E-state index contributed by atoms with van der Waals surface area (Å²) in [6.07, 6.45) is -9.25. The van der Waals surface area contributed by atoms with Gasteiger partial charge in [-0.3, -0.25) is 48.2 Å². The molecule has 0 bridgehead atoms. The molecule has 5 rings (SSSR count). The lowest BCUT2D eigenvalue weighted by Gasteiger charge is -2.43. The SMILES string of the molecule is CC(=O)OC[C@H]1O[C@H](c2cn(CCOCCOCCN3CCN(CCOCCOCCn4cc([C@H]5O[C@H](COC(C)=O)[C@H](OC(C)=O)[C@H](OC(C)=O)[C@H]5OC(C)=O)nn4)CC3)nn2)[C@H](OC(C)=O)[C@@H](OC(C)=O)[C@H]1OC(C)=O. The van der Waals surface area contributed by atoms with Gasteiger partial charge in [-0.25, -0.2) is 9.36 Å². The molecule has 2 aromatic rings. The average molecular weight is 1110 g/mol. The Bertz CT molecular complexity index is 2120. The van der Waals surface area contributed by atoms with Gasteiger partial charge < -0.3 is 66.3 Å². The molecule has 3 fully saturated rings. The molecule has 436 valence electrons. The molecule has 5 heterocycles. The molecule has 0 radical (unpaired) electrons. The number of piperazine rings is 1. The van der Waals surface area contributed by atoms with Gasteiger partial charge in [-0.15, -0.1) is 10.2 Å². The van der Waals surface area contributed by atoms with Crippen molar-refractivity contribution in [2.75, 3.05) is 105 Å². The monoisotopic (exact) mass is 1110 g/mol. The maximum absolute atomic E-state index is 12.2. The Hall–Kier alpha value is -6.28. The van der Waals surface area contributed by atoms with Gasteiger partial charge in [0.1, 0.15) is 49.0 Å². The van der Waals surface area contributed by atoms with E-state index in [4.69, 9.17) is 66.3 Å². The molecule has 78 heavy (non-hydrogen) atoms. The summed E-state index contributed by atoms with van der Waals surface area (Å²) >= 11 is 0. The number of esters is 8. The summed E-state index contributed by atoms with van der Waals surface area (Å²) in [5.74, 6) is -5.65. The number of hydrogen-bond donors (Lipinski definition) is 0. The summed E-state index contributed by atoms with van der Waals surface area (Å²) in [6, 6.07) is 0. The molecule has 0 unspecified atom stereocenters. The first-order valence-corrected chi connectivity index (χ1v) is 25.4. The maximum atomic E-state index is 12.2. The van der Waals surface area contributed by atoms with Gasteiger partial charge in [0.25, 0.3) is 0 Å². The summed E-state index contributed by atoms with van der Waals surface area (Å²) in [4.78, 5) is 101. The Morgan fingerprint density at radius 2 is 0.705 bits per heavy atom. The quantitative estimate of drug-likeness (QED) is 0.0506. The van der Waals surface area contributed by atoms with Gasteiger partial charge >= 0.3 is 47.8 Å². The van der Waals surface area contributed by atoms with E-state index in [1.165, 1.54) is 23.2 Å². The van der Waals surface area contributed by atoms with Gasteiger partial charge in [-0.2, -0.15) is 0 Å². The third-order valence-electron chi connectivity index (χ3n) is 11.9. The lowest BCUT2D eigenvalue weighted by atomic mass is 9.92. The molecule has 0 amide bonds. The first-order chi connectivity index (χ1) is 37.3. The van der Waals surface area contributed by atoms with Gasteiger partial charge in [-0.05, 0) is 0 Å². The third kappa shape index (κ3) is 20.8. The van der Waals surface area contributed by atoms with E-state index >= 15 is 0 Å². The molecule has 0 aliphatic carbocycles. The zero-order valence-electron chi connectivity index (χ0n) is 45.2. The molecule has 30 nitrogen and oxygen atoms in total. The number of aromatic nitrogens is 6. The topological polar surface area (TPSA) is 334 Å². The van der Waals surface area contributed by atoms with Crippen LogP contribution in [0.1, 0.15) is 79.0 Å². The summed E-state index contributed by atoms with van der Waals surface area (Å²) in [7, 11) is 0. The van der Waals surface area contributed by atoms with Crippen molar-refractivity contribution in [1.82, 2.24) is 39.8 Å². The lowest BCUT2D eigenvalue weighted by Crippen LogP contribution is -2.59. The van der Waals surface area contributed by atoms with E-state index in [1.54, 1.807) is 12.4 Å². The third-order valence-corrected chi connectivity index (χ3v) is 11.9. The van der Waals surface area contributed by atoms with Crippen molar-refractivity contribution in [3.8, 4) is 0 Å². The van der Waals surface area contributed by atoms with Crippen LogP contribution >= 0.6 is 0 Å². The summed E-state index contributed by atoms with van der Waals surface area (Å²) in [6.45, 7) is 17.3. The molecule has 0 saturated carbocycles. The van der Waals surface area contributed by atoms with Crippen molar-refractivity contribution in [3.63, 3.8) is 0 Å². The van der Waals surface area contributed by atoms with E-state index in [1.807, 2.05) is 0 Å². The minimum atomic E-state index is -1.33. The van der Waals surface area contributed by atoms with Gasteiger partial charge in [0, 0.05) is 94.7 Å². The number of hydrogen-bond acceptors (Lipinski definition) is 28. The van der Waals surface area contributed by atoms with E-state index in [-0.39, 0.29) is 37.8 Å². The van der Waals surface area contributed by atoms with Crippen LogP contribution in [-0.2, 0) is 118 Å². The van der Waals surface area contributed by atoms with E-state index in [0.717, 1.165) is 80.8 Å². The van der Waals surface area contributed by atoms with Crippen LogP contribution in [0.15, 0.2) is 12.4 Å². The second-order valence-corrected chi connectivity index (χ2v) is 18.2. The largest absolute Gasteiger partial charge is 0.463 e. The lowest BCUT2D eigenvalue weighted by molar-refractivity contribution is -0.255. The van der Waals surface area contributed by atoms with Crippen LogP contribution in [0, 0.1) is 0 Å². The Labute approximate surface area is 450 Å². The maximum Gasteiger partial charge on any atom is 0.303 e. The van der Waals surface area contributed by atoms with Gasteiger partial charge in [0.15, 0.2) is 36.6 Å². The van der Waals surface area contributed by atoms with Gasteiger partial charge in [0.05, 0.1) is 78.3 Å². The molecule has 3 aliphatic heterocycles. The summed E-state index contributed by atoms with van der Waals surface area (Å²) < 4.78 is 81.7. The summed E-state index contributed by atoms with van der Waals surface area (Å²) in [5, 5.41) is 16.7. The van der Waals surface area contributed by atoms with Crippen LogP contribution in [0.3, 0.4) is 0 Å². The van der Waals surface area contributed by atoms with Crippen LogP contribution in [0.2, 0.25) is 0 Å². The fourth-order valence-corrected chi connectivity index (χ4v) is 8.62. The molecular formula is C48H72N8O22. The first-order valence-electron chi connectivity index (χ1n) is 25.4. The van der Waals surface area contributed by atoms with E-state index < -0.39 is 109 Å². The molecule has 10 atom stereocenters. The summed E-state index contributed by atoms with van der Waals surface area (Å²) in [5.41, 5.74) is 0.427. The molecule has 30 heteroatoms. The highest BCUT2D eigenvalue weighted by Gasteiger charge is 2.55. The van der Waals surface area contributed by atoms with Crippen LogP contribution in [0.25, 0.3) is 0 Å². The van der Waals surface area contributed by atoms with Crippen LogP contribution < -0.4 is 0 Å². The molecular weight excluding hydrogens is 1040 g/mol. The van der Waals surface area contributed by atoms with E-state index in [9.17, 15) is 38.4 Å². The van der Waals surface area contributed by atoms with Crippen LogP contribution in [-0.4, -0.2) is 242 Å². The Morgan fingerprint density at radius 1 is 0.410 bits per heavy atom. The minimum absolute atomic E-state index is 0.213. The number of ether oxygens (including phenoxy) is 14. The predicted octanol–water partition coefficient (Wildman–Crippen LogP) is -1.15. The highest BCUT2D eigenvalue weighted by atomic mass is 16.7. The second-order valence-electron chi connectivity index (χ2n) is 18.2. The van der Waals surface area contributed by atoms with Crippen LogP contribution in [0.5, 0.6) is 0 Å². The molecule has 0 aromatic carbocycles. The van der Waals surface area contributed by atoms with E-state index in [0.29, 0.717) is 52.7 Å². The Morgan fingerprint density at radius 3 is 1.01 bits per heavy atom. The zero-order valence-corrected chi connectivity index (χ0v) is 45.2. The van der Waals surface area contributed by atoms with Crippen molar-refractivity contribution < 1.29 is 105 Å². The van der Waals surface area contributed by atoms with Gasteiger partial charge in [-0.1, -0.05) is 10.4 Å². The Balaban J connectivity index is 0.937. The fourth-order valence-electron chi connectivity index (χ4n) is 8.62. The van der Waals surface area contributed by atoms with Crippen molar-refractivity contribution >= 4 is 47.8 Å². The average Bonchev–Trinajstić information content (AvgIpc) is 4.08. The minimum Gasteiger partial charge on any atom is -0.463 e.